The van der Waals surface area contributed by atoms with Gasteiger partial charge >= 0.3 is 0 Å². The van der Waals surface area contributed by atoms with Gasteiger partial charge in [0.25, 0.3) is 0 Å². The van der Waals surface area contributed by atoms with Crippen LogP contribution in [-0.4, -0.2) is 26.3 Å². The molecule has 0 bridgehead atoms. The van der Waals surface area contributed by atoms with Crippen molar-refractivity contribution in [3.05, 3.63) is 46.5 Å². The molecule has 0 spiro atoms. The Morgan fingerprint density at radius 3 is 2.81 bits per heavy atom. The van der Waals surface area contributed by atoms with Crippen molar-refractivity contribution in [2.45, 2.75) is 32.1 Å². The Morgan fingerprint density at radius 1 is 1.38 bits per heavy atom. The third-order valence-electron chi connectivity index (χ3n) is 3.53. The lowest BCUT2D eigenvalue weighted by atomic mass is 10.2. The van der Waals surface area contributed by atoms with Crippen LogP contribution in [0.3, 0.4) is 0 Å². The number of halogens is 2. The van der Waals surface area contributed by atoms with Crippen LogP contribution in [0.5, 0.6) is 0 Å². The first kappa shape index (κ1) is 14.3. The molecule has 2 aromatic rings. The summed E-state index contributed by atoms with van der Waals surface area (Å²) < 4.78 is 30.9. The van der Waals surface area contributed by atoms with Crippen molar-refractivity contribution >= 4 is 12.2 Å². The van der Waals surface area contributed by atoms with Crippen LogP contribution in [-0.2, 0) is 13.2 Å². The van der Waals surface area contributed by atoms with Crippen molar-refractivity contribution in [3.8, 4) is 0 Å². The molecule has 1 aromatic carbocycles. The van der Waals surface area contributed by atoms with Crippen molar-refractivity contribution in [3.63, 3.8) is 0 Å². The van der Waals surface area contributed by atoms with E-state index in [0.29, 0.717) is 29.6 Å². The van der Waals surface area contributed by atoms with Crippen molar-refractivity contribution in [2.24, 2.45) is 0 Å². The molecule has 0 saturated heterocycles. The summed E-state index contributed by atoms with van der Waals surface area (Å²) in [7, 11) is 1.85. The van der Waals surface area contributed by atoms with Crippen molar-refractivity contribution < 1.29 is 8.78 Å². The Balaban J connectivity index is 1.68. The zero-order valence-corrected chi connectivity index (χ0v) is 12.5. The first-order valence-corrected chi connectivity index (χ1v) is 7.22. The van der Waals surface area contributed by atoms with Gasteiger partial charge in [-0.25, -0.2) is 13.5 Å². The molecule has 3 rings (SSSR count). The maximum Gasteiger partial charge on any atom is 0.199 e. The summed E-state index contributed by atoms with van der Waals surface area (Å²) in [5.41, 5.74) is 0.451. The molecule has 1 aliphatic carbocycles. The average molecular weight is 310 g/mol. The van der Waals surface area contributed by atoms with Gasteiger partial charge in [0.2, 0.25) is 0 Å². The fourth-order valence-electron chi connectivity index (χ4n) is 2.27. The molecular weight excluding hydrogens is 294 g/mol. The summed E-state index contributed by atoms with van der Waals surface area (Å²) in [6.07, 6.45) is 4.06. The Hall–Kier alpha value is -1.60. The molecule has 1 heterocycles. The molecule has 4 nitrogen and oxygen atoms in total. The molecule has 21 heavy (non-hydrogen) atoms. The van der Waals surface area contributed by atoms with Crippen LogP contribution >= 0.6 is 12.2 Å². The normalized spacial score (nSPS) is 14.9. The fourth-order valence-corrected chi connectivity index (χ4v) is 2.57. The van der Waals surface area contributed by atoms with Gasteiger partial charge in [0, 0.05) is 24.2 Å². The molecular formula is C14H16F2N4S. The second-order valence-corrected chi connectivity index (χ2v) is 5.81. The predicted octanol–water partition coefficient (Wildman–Crippen LogP) is 3.12. The predicted molar refractivity (Wildman–Crippen MR) is 77.1 cm³/mol. The lowest BCUT2D eigenvalue weighted by Crippen LogP contribution is -2.23. The lowest BCUT2D eigenvalue weighted by Gasteiger charge is -2.17. The van der Waals surface area contributed by atoms with E-state index in [1.165, 1.54) is 12.1 Å². The van der Waals surface area contributed by atoms with Gasteiger partial charge < -0.3 is 4.57 Å². The second kappa shape index (κ2) is 5.65. The van der Waals surface area contributed by atoms with Crippen molar-refractivity contribution in [1.29, 1.82) is 0 Å². The van der Waals surface area contributed by atoms with E-state index in [9.17, 15) is 8.78 Å². The standard InChI is InChI=1S/C14H16F2N4S/c1-18(7-10-2-3-11(15)6-13(10)16)9-20-14(21)19(8-17-20)12-4-5-12/h2-3,6,8,12H,4-5,7,9H2,1H3. The number of benzene rings is 1. The quantitative estimate of drug-likeness (QED) is 0.794. The monoisotopic (exact) mass is 310 g/mol. The molecule has 1 aromatic heterocycles. The van der Waals surface area contributed by atoms with E-state index < -0.39 is 11.6 Å². The SMILES string of the molecule is CN(Cc1ccc(F)cc1F)Cn1ncn(C2CC2)c1=S. The van der Waals surface area contributed by atoms with Crippen LogP contribution in [0.1, 0.15) is 24.4 Å². The molecule has 0 radical (unpaired) electrons. The second-order valence-electron chi connectivity index (χ2n) is 5.44. The third kappa shape index (κ3) is 3.19. The summed E-state index contributed by atoms with van der Waals surface area (Å²) in [5.74, 6) is -1.10. The van der Waals surface area contributed by atoms with Gasteiger partial charge in [-0.2, -0.15) is 5.10 Å². The highest BCUT2D eigenvalue weighted by Crippen LogP contribution is 2.34. The van der Waals surface area contributed by atoms with Crippen LogP contribution < -0.4 is 0 Å². The summed E-state index contributed by atoms with van der Waals surface area (Å²) >= 11 is 5.38. The van der Waals surface area contributed by atoms with Crippen LogP contribution in [0.25, 0.3) is 0 Å². The van der Waals surface area contributed by atoms with Gasteiger partial charge in [-0.3, -0.25) is 4.90 Å². The Bertz CT molecular complexity index is 705. The van der Waals surface area contributed by atoms with E-state index in [1.54, 1.807) is 11.0 Å². The highest BCUT2D eigenvalue weighted by atomic mass is 32.1. The van der Waals surface area contributed by atoms with Gasteiger partial charge in [0.15, 0.2) is 4.77 Å². The number of aromatic nitrogens is 3. The molecule has 7 heteroatoms. The number of hydrogen-bond acceptors (Lipinski definition) is 3. The van der Waals surface area contributed by atoms with E-state index in [2.05, 4.69) is 5.10 Å². The lowest BCUT2D eigenvalue weighted by molar-refractivity contribution is 0.240. The Morgan fingerprint density at radius 2 is 2.14 bits per heavy atom. The largest absolute Gasteiger partial charge is 0.303 e. The molecule has 0 aliphatic heterocycles. The van der Waals surface area contributed by atoms with Crippen LogP contribution in [0, 0.1) is 16.4 Å². The highest BCUT2D eigenvalue weighted by molar-refractivity contribution is 7.71. The average Bonchev–Trinajstić information content (AvgIpc) is 3.20. The van der Waals surface area contributed by atoms with Gasteiger partial charge in [0.1, 0.15) is 18.0 Å². The molecule has 0 atom stereocenters. The minimum Gasteiger partial charge on any atom is -0.303 e. The van der Waals surface area contributed by atoms with Gasteiger partial charge in [-0.05, 0) is 38.2 Å². The Kier molecular flexibility index (Phi) is 3.86. The molecule has 0 amide bonds. The highest BCUT2D eigenvalue weighted by Gasteiger charge is 2.25. The summed E-state index contributed by atoms with van der Waals surface area (Å²) in [6.45, 7) is 0.833. The fraction of sp³-hybridized carbons (Fsp3) is 0.429. The smallest absolute Gasteiger partial charge is 0.199 e. The first-order valence-electron chi connectivity index (χ1n) is 6.81. The summed E-state index contributed by atoms with van der Waals surface area (Å²) in [5, 5.41) is 4.28. The van der Waals surface area contributed by atoms with E-state index in [-0.39, 0.29) is 0 Å². The number of nitrogens with zero attached hydrogens (tertiary/aromatic N) is 4. The molecule has 1 fully saturated rings. The molecule has 0 N–H and O–H groups in total. The van der Waals surface area contributed by atoms with E-state index in [1.807, 2.05) is 16.5 Å². The summed E-state index contributed by atoms with van der Waals surface area (Å²) in [6, 6.07) is 4.12. The van der Waals surface area contributed by atoms with Crippen LogP contribution in [0.2, 0.25) is 0 Å². The minimum atomic E-state index is -0.565. The summed E-state index contributed by atoms with van der Waals surface area (Å²) in [4.78, 5) is 1.89. The van der Waals surface area contributed by atoms with Crippen molar-refractivity contribution in [2.75, 3.05) is 7.05 Å². The maximum atomic E-state index is 13.6. The van der Waals surface area contributed by atoms with Crippen LogP contribution in [0.15, 0.2) is 24.5 Å². The van der Waals surface area contributed by atoms with E-state index in [0.717, 1.165) is 18.9 Å². The maximum absolute atomic E-state index is 13.6. The molecule has 1 aliphatic rings. The topological polar surface area (TPSA) is 26.0 Å². The van der Waals surface area contributed by atoms with Crippen LogP contribution in [0.4, 0.5) is 8.78 Å². The molecule has 112 valence electrons. The minimum absolute atomic E-state index is 0.365. The van der Waals surface area contributed by atoms with E-state index in [4.69, 9.17) is 12.2 Å². The zero-order chi connectivity index (χ0) is 15.0. The zero-order valence-electron chi connectivity index (χ0n) is 11.7. The van der Waals surface area contributed by atoms with E-state index >= 15 is 0 Å². The van der Waals surface area contributed by atoms with Crippen molar-refractivity contribution in [1.82, 2.24) is 19.2 Å². The number of rotatable bonds is 5. The van der Waals surface area contributed by atoms with Gasteiger partial charge in [-0.15, -0.1) is 0 Å². The third-order valence-corrected chi connectivity index (χ3v) is 3.95. The van der Waals surface area contributed by atoms with Gasteiger partial charge in [0.05, 0.1) is 6.67 Å². The molecule has 0 unspecified atom stereocenters. The Labute approximate surface area is 126 Å². The number of hydrogen-bond donors (Lipinski definition) is 0. The molecule has 1 saturated carbocycles. The van der Waals surface area contributed by atoms with Gasteiger partial charge in [-0.1, -0.05) is 6.07 Å². The first-order chi connectivity index (χ1) is 10.0.